The van der Waals surface area contributed by atoms with E-state index in [1.807, 2.05) is 0 Å². The van der Waals surface area contributed by atoms with Crippen LogP contribution in [0.2, 0.25) is 0 Å². The number of benzene rings is 1. The lowest BCUT2D eigenvalue weighted by Crippen LogP contribution is -2.10. The number of hydrogen-bond donors (Lipinski definition) is 1. The van der Waals surface area contributed by atoms with Crippen molar-refractivity contribution in [1.29, 1.82) is 0 Å². The standard InChI is InChI=1S/C10H6F3N3O5/c1-21-9(17)8-14-7-5(15(8)18)2-4(10(11,12)13)3-6(7)16(19)20/h2-3,18H,1H3. The maximum atomic E-state index is 12.7. The number of aromatic nitrogens is 2. The first-order valence-corrected chi connectivity index (χ1v) is 5.22. The molecule has 0 aliphatic carbocycles. The van der Waals surface area contributed by atoms with Crippen molar-refractivity contribution in [1.82, 2.24) is 9.71 Å². The Morgan fingerprint density at radius 3 is 2.57 bits per heavy atom. The molecule has 21 heavy (non-hydrogen) atoms. The second kappa shape index (κ2) is 4.61. The first kappa shape index (κ1) is 14.6. The van der Waals surface area contributed by atoms with E-state index in [-0.39, 0.29) is 10.8 Å². The molecule has 2 aromatic rings. The summed E-state index contributed by atoms with van der Waals surface area (Å²) in [6.45, 7) is 0. The van der Waals surface area contributed by atoms with Crippen LogP contribution in [0.15, 0.2) is 12.1 Å². The van der Waals surface area contributed by atoms with Crippen molar-refractivity contribution in [3.05, 3.63) is 33.6 Å². The fraction of sp³-hybridized carbons (Fsp3) is 0.200. The molecule has 0 saturated heterocycles. The number of imidazole rings is 1. The summed E-state index contributed by atoms with van der Waals surface area (Å²) in [6, 6.07) is 0.720. The third-order valence-electron chi connectivity index (χ3n) is 2.61. The molecule has 0 spiro atoms. The van der Waals surface area contributed by atoms with Crippen molar-refractivity contribution < 1.29 is 32.8 Å². The molecule has 2 rings (SSSR count). The Morgan fingerprint density at radius 2 is 2.10 bits per heavy atom. The van der Waals surface area contributed by atoms with Crippen LogP contribution in [0.4, 0.5) is 18.9 Å². The van der Waals surface area contributed by atoms with Crippen molar-refractivity contribution in [2.24, 2.45) is 0 Å². The number of alkyl halides is 3. The predicted molar refractivity (Wildman–Crippen MR) is 59.9 cm³/mol. The number of non-ortho nitro benzene ring substituents is 1. The molecule has 0 atom stereocenters. The van der Waals surface area contributed by atoms with Gasteiger partial charge in [-0.2, -0.15) is 17.9 Å². The lowest BCUT2D eigenvalue weighted by Gasteiger charge is -2.06. The normalized spacial score (nSPS) is 11.6. The van der Waals surface area contributed by atoms with Crippen molar-refractivity contribution in [3.63, 3.8) is 0 Å². The quantitative estimate of drug-likeness (QED) is 0.393. The van der Waals surface area contributed by atoms with Gasteiger partial charge in [0.1, 0.15) is 5.52 Å². The van der Waals surface area contributed by atoms with Crippen LogP contribution in [0, 0.1) is 10.1 Å². The van der Waals surface area contributed by atoms with Crippen LogP contribution in [0.1, 0.15) is 16.2 Å². The Morgan fingerprint density at radius 1 is 1.48 bits per heavy atom. The van der Waals surface area contributed by atoms with Gasteiger partial charge in [-0.25, -0.2) is 9.78 Å². The van der Waals surface area contributed by atoms with E-state index in [9.17, 15) is 33.3 Å². The van der Waals surface area contributed by atoms with E-state index < -0.39 is 45.2 Å². The largest absolute Gasteiger partial charge is 0.463 e. The summed E-state index contributed by atoms with van der Waals surface area (Å²) in [6.07, 6.45) is -4.87. The number of carbonyl (C=O) groups is 1. The molecular formula is C10H6F3N3O5. The van der Waals surface area contributed by atoms with E-state index in [0.29, 0.717) is 6.07 Å². The molecule has 8 nitrogen and oxygen atoms in total. The van der Waals surface area contributed by atoms with Crippen LogP contribution in [-0.2, 0) is 10.9 Å². The Balaban J connectivity index is 2.86. The molecule has 0 aliphatic rings. The molecular weight excluding hydrogens is 299 g/mol. The summed E-state index contributed by atoms with van der Waals surface area (Å²) in [5.74, 6) is -1.92. The van der Waals surface area contributed by atoms with Crippen LogP contribution in [0.25, 0.3) is 11.0 Å². The Bertz CT molecular complexity index is 752. The SMILES string of the molecule is COC(=O)c1nc2c([N+](=O)[O-])cc(C(F)(F)F)cc2n1O. The fourth-order valence-corrected chi connectivity index (χ4v) is 1.67. The third-order valence-corrected chi connectivity index (χ3v) is 2.61. The fourth-order valence-electron chi connectivity index (χ4n) is 1.67. The van der Waals surface area contributed by atoms with E-state index in [1.165, 1.54) is 0 Å². The van der Waals surface area contributed by atoms with Crippen LogP contribution in [0.3, 0.4) is 0 Å². The molecule has 0 aliphatic heterocycles. The molecule has 0 radical (unpaired) electrons. The topological polar surface area (TPSA) is 107 Å². The van der Waals surface area contributed by atoms with Gasteiger partial charge in [0.2, 0.25) is 0 Å². The monoisotopic (exact) mass is 305 g/mol. The summed E-state index contributed by atoms with van der Waals surface area (Å²) < 4.78 is 42.4. The zero-order valence-electron chi connectivity index (χ0n) is 10.2. The highest BCUT2D eigenvalue weighted by atomic mass is 19.4. The molecule has 0 fully saturated rings. The van der Waals surface area contributed by atoms with Crippen molar-refractivity contribution in [2.45, 2.75) is 6.18 Å². The number of halogens is 3. The summed E-state index contributed by atoms with van der Waals surface area (Å²) in [5, 5.41) is 20.5. The van der Waals surface area contributed by atoms with Gasteiger partial charge in [-0.05, 0) is 6.07 Å². The minimum absolute atomic E-state index is 0.0173. The zero-order valence-corrected chi connectivity index (χ0v) is 10.2. The van der Waals surface area contributed by atoms with Gasteiger partial charge in [-0.15, -0.1) is 0 Å². The number of methoxy groups -OCH3 is 1. The van der Waals surface area contributed by atoms with Crippen LogP contribution in [-0.4, -0.2) is 32.9 Å². The maximum absolute atomic E-state index is 12.7. The number of rotatable bonds is 2. The Labute approximate surface area is 113 Å². The van der Waals surface area contributed by atoms with E-state index in [1.54, 1.807) is 0 Å². The number of hydrogen-bond acceptors (Lipinski definition) is 6. The van der Waals surface area contributed by atoms with E-state index in [0.717, 1.165) is 7.11 Å². The molecule has 0 saturated carbocycles. The van der Waals surface area contributed by atoms with Crippen LogP contribution < -0.4 is 0 Å². The van der Waals surface area contributed by atoms with Gasteiger partial charge in [0, 0.05) is 6.07 Å². The number of ether oxygens (including phenoxy) is 1. The van der Waals surface area contributed by atoms with Gasteiger partial charge in [0.05, 0.1) is 17.6 Å². The molecule has 1 heterocycles. The summed E-state index contributed by atoms with van der Waals surface area (Å²) in [5.41, 5.74) is -3.53. The second-order valence-corrected chi connectivity index (χ2v) is 3.86. The Hall–Kier alpha value is -2.85. The van der Waals surface area contributed by atoms with Gasteiger partial charge < -0.3 is 9.94 Å². The highest BCUT2D eigenvalue weighted by molar-refractivity contribution is 5.94. The lowest BCUT2D eigenvalue weighted by molar-refractivity contribution is -0.383. The number of fused-ring (bicyclic) bond motifs is 1. The first-order valence-electron chi connectivity index (χ1n) is 5.22. The molecule has 0 unspecified atom stereocenters. The van der Waals surface area contributed by atoms with Crippen molar-refractivity contribution >= 4 is 22.7 Å². The van der Waals surface area contributed by atoms with Crippen molar-refractivity contribution in [3.8, 4) is 0 Å². The molecule has 11 heteroatoms. The average molecular weight is 305 g/mol. The van der Waals surface area contributed by atoms with Gasteiger partial charge in [-0.1, -0.05) is 0 Å². The van der Waals surface area contributed by atoms with Crippen molar-refractivity contribution in [2.75, 3.05) is 7.11 Å². The van der Waals surface area contributed by atoms with E-state index in [4.69, 9.17) is 0 Å². The number of nitro benzene ring substituents is 1. The van der Waals surface area contributed by atoms with Gasteiger partial charge in [0.15, 0.2) is 5.52 Å². The minimum atomic E-state index is -4.87. The molecule has 1 aromatic carbocycles. The predicted octanol–water partition coefficient (Wildman–Crippen LogP) is 1.99. The number of esters is 1. The molecule has 1 N–H and O–H groups in total. The van der Waals surface area contributed by atoms with Gasteiger partial charge >= 0.3 is 12.1 Å². The van der Waals surface area contributed by atoms with Crippen LogP contribution in [0.5, 0.6) is 0 Å². The zero-order chi connectivity index (χ0) is 15.9. The smallest absolute Gasteiger partial charge is 0.416 e. The highest BCUT2D eigenvalue weighted by Crippen LogP contribution is 2.36. The second-order valence-electron chi connectivity index (χ2n) is 3.86. The Kier molecular flexibility index (Phi) is 3.20. The van der Waals surface area contributed by atoms with Crippen LogP contribution >= 0.6 is 0 Å². The third kappa shape index (κ3) is 2.32. The summed E-state index contributed by atoms with van der Waals surface area (Å²) in [7, 11) is 0.956. The molecule has 0 bridgehead atoms. The van der Waals surface area contributed by atoms with Gasteiger partial charge in [0.25, 0.3) is 11.5 Å². The van der Waals surface area contributed by atoms with E-state index >= 15 is 0 Å². The number of carbonyl (C=O) groups excluding carboxylic acids is 1. The molecule has 1 aromatic heterocycles. The van der Waals surface area contributed by atoms with Gasteiger partial charge in [-0.3, -0.25) is 10.1 Å². The average Bonchev–Trinajstić information content (AvgIpc) is 2.73. The molecule has 112 valence electrons. The number of nitrogens with zero attached hydrogens (tertiary/aromatic N) is 3. The summed E-state index contributed by atoms with van der Waals surface area (Å²) >= 11 is 0. The maximum Gasteiger partial charge on any atom is 0.416 e. The molecule has 0 amide bonds. The van der Waals surface area contributed by atoms with E-state index in [2.05, 4.69) is 9.72 Å². The highest BCUT2D eigenvalue weighted by Gasteiger charge is 2.35. The summed E-state index contributed by atoms with van der Waals surface area (Å²) in [4.78, 5) is 24.5. The lowest BCUT2D eigenvalue weighted by atomic mass is 10.1. The number of nitro groups is 1. The first-order chi connectivity index (χ1) is 9.66. The minimum Gasteiger partial charge on any atom is -0.463 e.